The van der Waals surface area contributed by atoms with Gasteiger partial charge in [0.25, 0.3) is 0 Å². The molecule has 1 aromatic carbocycles. The molecule has 0 unspecified atom stereocenters. The number of alkyl halides is 3. The zero-order valence-corrected chi connectivity index (χ0v) is 10.9. The largest absolute Gasteiger partial charge is 0.416 e. The summed E-state index contributed by atoms with van der Waals surface area (Å²) in [7, 11) is 1.57. The monoisotopic (exact) mass is 288 g/mol. The minimum Gasteiger partial charge on any atom is -0.378 e. The molecule has 1 heterocycles. The van der Waals surface area contributed by atoms with Gasteiger partial charge in [-0.15, -0.1) is 0 Å². The van der Waals surface area contributed by atoms with Gasteiger partial charge in [-0.1, -0.05) is 0 Å². The SMILES string of the molecule is COC1CN(c2cc(SC#N)cc(C(F)(F)F)c2)C1. The van der Waals surface area contributed by atoms with E-state index >= 15 is 0 Å². The minimum absolute atomic E-state index is 0.0570. The molecule has 1 aliphatic heterocycles. The summed E-state index contributed by atoms with van der Waals surface area (Å²) in [5.41, 5.74) is -0.260. The van der Waals surface area contributed by atoms with Crippen LogP contribution in [-0.4, -0.2) is 26.3 Å². The van der Waals surface area contributed by atoms with E-state index in [2.05, 4.69) is 0 Å². The van der Waals surface area contributed by atoms with Gasteiger partial charge in [-0.2, -0.15) is 18.4 Å². The van der Waals surface area contributed by atoms with Gasteiger partial charge in [0, 0.05) is 30.8 Å². The zero-order chi connectivity index (χ0) is 14.0. The first-order valence-electron chi connectivity index (χ1n) is 5.50. The number of thiocyanates is 1. The number of nitrogens with zero attached hydrogens (tertiary/aromatic N) is 2. The summed E-state index contributed by atoms with van der Waals surface area (Å²) < 4.78 is 43.4. The highest BCUT2D eigenvalue weighted by Crippen LogP contribution is 2.36. The Bertz CT molecular complexity index is 507. The van der Waals surface area contributed by atoms with Crippen molar-refractivity contribution in [3.8, 4) is 5.40 Å². The number of hydrogen-bond donors (Lipinski definition) is 0. The maximum atomic E-state index is 12.8. The van der Waals surface area contributed by atoms with E-state index < -0.39 is 11.7 Å². The van der Waals surface area contributed by atoms with E-state index in [0.29, 0.717) is 23.7 Å². The Morgan fingerprint density at radius 2 is 2.05 bits per heavy atom. The summed E-state index contributed by atoms with van der Waals surface area (Å²) >= 11 is 0.726. The molecule has 1 fully saturated rings. The normalized spacial score (nSPS) is 16.1. The molecule has 0 aliphatic carbocycles. The number of halogens is 3. The fourth-order valence-electron chi connectivity index (χ4n) is 1.84. The molecular formula is C12H11F3N2OS. The van der Waals surface area contributed by atoms with Gasteiger partial charge in [0.15, 0.2) is 0 Å². The number of methoxy groups -OCH3 is 1. The van der Waals surface area contributed by atoms with Gasteiger partial charge in [-0.05, 0) is 30.0 Å². The molecule has 7 heteroatoms. The van der Waals surface area contributed by atoms with Crippen molar-refractivity contribution in [2.24, 2.45) is 0 Å². The van der Waals surface area contributed by atoms with Crippen LogP contribution in [0.2, 0.25) is 0 Å². The molecule has 0 aromatic heterocycles. The lowest BCUT2D eigenvalue weighted by atomic mass is 10.1. The highest BCUT2D eigenvalue weighted by molar-refractivity contribution is 8.03. The van der Waals surface area contributed by atoms with Crippen molar-refractivity contribution in [3.63, 3.8) is 0 Å². The summed E-state index contributed by atoms with van der Waals surface area (Å²) in [5, 5.41) is 10.4. The quantitative estimate of drug-likeness (QED) is 0.632. The molecule has 0 spiro atoms. The number of rotatable bonds is 3. The Labute approximate surface area is 113 Å². The summed E-state index contributed by atoms with van der Waals surface area (Å²) in [6.45, 7) is 1.13. The van der Waals surface area contributed by atoms with Gasteiger partial charge in [0.1, 0.15) is 5.40 Å². The van der Waals surface area contributed by atoms with Gasteiger partial charge < -0.3 is 9.64 Å². The number of ether oxygens (including phenoxy) is 1. The molecule has 19 heavy (non-hydrogen) atoms. The van der Waals surface area contributed by atoms with Crippen molar-refractivity contribution >= 4 is 17.4 Å². The molecule has 0 bridgehead atoms. The number of hydrogen-bond acceptors (Lipinski definition) is 4. The van der Waals surface area contributed by atoms with Crippen LogP contribution >= 0.6 is 11.8 Å². The van der Waals surface area contributed by atoms with E-state index in [1.165, 1.54) is 0 Å². The molecular weight excluding hydrogens is 277 g/mol. The van der Waals surface area contributed by atoms with Crippen molar-refractivity contribution < 1.29 is 17.9 Å². The highest BCUT2D eigenvalue weighted by Gasteiger charge is 2.33. The third kappa shape index (κ3) is 3.14. The van der Waals surface area contributed by atoms with Crippen LogP contribution in [0.25, 0.3) is 0 Å². The first kappa shape index (κ1) is 14.0. The van der Waals surface area contributed by atoms with E-state index in [-0.39, 0.29) is 6.10 Å². The van der Waals surface area contributed by atoms with Gasteiger partial charge >= 0.3 is 6.18 Å². The molecule has 0 saturated carbocycles. The van der Waals surface area contributed by atoms with Gasteiger partial charge in [-0.3, -0.25) is 0 Å². The summed E-state index contributed by atoms with van der Waals surface area (Å²) in [6.07, 6.45) is -4.35. The summed E-state index contributed by atoms with van der Waals surface area (Å²) in [4.78, 5) is 2.10. The second kappa shape index (κ2) is 5.31. The number of benzene rings is 1. The van der Waals surface area contributed by atoms with E-state index in [1.54, 1.807) is 23.5 Å². The topological polar surface area (TPSA) is 36.3 Å². The second-order valence-corrected chi connectivity index (χ2v) is 5.03. The number of nitriles is 1. The van der Waals surface area contributed by atoms with Crippen LogP contribution < -0.4 is 4.90 Å². The Kier molecular flexibility index (Phi) is 3.92. The van der Waals surface area contributed by atoms with Crippen molar-refractivity contribution in [2.75, 3.05) is 25.1 Å². The first-order chi connectivity index (χ1) is 8.94. The molecule has 2 rings (SSSR count). The van der Waals surface area contributed by atoms with Crippen LogP contribution in [0, 0.1) is 10.7 Å². The third-order valence-corrected chi connectivity index (χ3v) is 3.49. The minimum atomic E-state index is -4.41. The van der Waals surface area contributed by atoms with Crippen molar-refractivity contribution in [1.82, 2.24) is 0 Å². The molecule has 1 aromatic rings. The number of thioether (sulfide) groups is 1. The Morgan fingerprint density at radius 3 is 2.58 bits per heavy atom. The molecule has 0 N–H and O–H groups in total. The van der Waals surface area contributed by atoms with Gasteiger partial charge in [0.2, 0.25) is 0 Å². The molecule has 3 nitrogen and oxygen atoms in total. The third-order valence-electron chi connectivity index (χ3n) is 2.93. The van der Waals surface area contributed by atoms with Crippen LogP contribution in [0.1, 0.15) is 5.56 Å². The zero-order valence-electron chi connectivity index (χ0n) is 10.1. The Balaban J connectivity index is 2.28. The molecule has 0 amide bonds. The average Bonchev–Trinajstić information content (AvgIpc) is 2.26. The summed E-state index contributed by atoms with van der Waals surface area (Å²) in [6, 6.07) is 3.69. The maximum absolute atomic E-state index is 12.8. The fourth-order valence-corrected chi connectivity index (χ4v) is 2.31. The molecule has 1 aliphatic rings. The standard InChI is InChI=1S/C12H11F3N2OS/c1-18-10-5-17(6-10)9-2-8(12(13,14)15)3-11(4-9)19-7-16/h2-4,10H,5-6H2,1H3. The van der Waals surface area contributed by atoms with E-state index in [9.17, 15) is 13.2 Å². The van der Waals surface area contributed by atoms with Crippen LogP contribution in [-0.2, 0) is 10.9 Å². The van der Waals surface area contributed by atoms with E-state index in [0.717, 1.165) is 23.9 Å². The average molecular weight is 288 g/mol. The Morgan fingerprint density at radius 1 is 1.37 bits per heavy atom. The fraction of sp³-hybridized carbons (Fsp3) is 0.417. The van der Waals surface area contributed by atoms with E-state index in [4.69, 9.17) is 10.00 Å². The lowest BCUT2D eigenvalue weighted by molar-refractivity contribution is -0.137. The molecule has 0 atom stereocenters. The number of anilines is 1. The molecule has 102 valence electrons. The van der Waals surface area contributed by atoms with Gasteiger partial charge in [0.05, 0.1) is 11.7 Å². The van der Waals surface area contributed by atoms with Crippen LogP contribution in [0.15, 0.2) is 23.1 Å². The predicted octanol–water partition coefficient (Wildman–Crippen LogP) is 3.11. The van der Waals surface area contributed by atoms with Crippen LogP contribution in [0.5, 0.6) is 0 Å². The molecule has 0 radical (unpaired) electrons. The smallest absolute Gasteiger partial charge is 0.378 e. The molecule has 1 saturated heterocycles. The van der Waals surface area contributed by atoms with E-state index in [1.807, 2.05) is 0 Å². The lowest BCUT2D eigenvalue weighted by Gasteiger charge is -2.40. The van der Waals surface area contributed by atoms with Crippen LogP contribution in [0.3, 0.4) is 0 Å². The van der Waals surface area contributed by atoms with Crippen molar-refractivity contribution in [1.29, 1.82) is 5.26 Å². The van der Waals surface area contributed by atoms with Crippen molar-refractivity contribution in [3.05, 3.63) is 23.8 Å². The lowest BCUT2D eigenvalue weighted by Crippen LogP contribution is -2.51. The van der Waals surface area contributed by atoms with Crippen LogP contribution in [0.4, 0.5) is 18.9 Å². The Hall–Kier alpha value is -1.39. The highest BCUT2D eigenvalue weighted by atomic mass is 32.2. The van der Waals surface area contributed by atoms with Gasteiger partial charge in [-0.25, -0.2) is 0 Å². The second-order valence-electron chi connectivity index (χ2n) is 4.17. The maximum Gasteiger partial charge on any atom is 0.416 e. The first-order valence-corrected chi connectivity index (χ1v) is 6.31. The van der Waals surface area contributed by atoms with Crippen molar-refractivity contribution in [2.45, 2.75) is 17.2 Å². The predicted molar refractivity (Wildman–Crippen MR) is 65.9 cm³/mol. The summed E-state index contributed by atoms with van der Waals surface area (Å²) in [5.74, 6) is 0.